The summed E-state index contributed by atoms with van der Waals surface area (Å²) in [6, 6.07) is 53.3. The number of hydrogen-bond donors (Lipinski definition) is 4. The van der Waals surface area contributed by atoms with E-state index in [0.29, 0.717) is 12.1 Å². The van der Waals surface area contributed by atoms with Gasteiger partial charge in [0.15, 0.2) is 12.2 Å². The van der Waals surface area contributed by atoms with E-state index in [2.05, 4.69) is 184 Å². The lowest BCUT2D eigenvalue weighted by atomic mass is 9.96. The van der Waals surface area contributed by atoms with Crippen LogP contribution < -0.4 is 0 Å². The number of fused-ring (bicyclic) bond motifs is 2. The molecule has 4 atom stereocenters. The number of carbonyl (C=O) groups is 2. The molecule has 56 heavy (non-hydrogen) atoms. The number of rotatable bonds is 15. The van der Waals surface area contributed by atoms with Gasteiger partial charge in [0.25, 0.3) is 0 Å². The van der Waals surface area contributed by atoms with Gasteiger partial charge in [0, 0.05) is 12.1 Å². The number of aliphatic carboxylic acids is 2. The van der Waals surface area contributed by atoms with Gasteiger partial charge < -0.3 is 30.2 Å². The third-order valence-electron chi connectivity index (χ3n) is 10.0. The van der Waals surface area contributed by atoms with Crippen LogP contribution in [0.3, 0.4) is 0 Å². The summed E-state index contributed by atoms with van der Waals surface area (Å²) in [4.78, 5) is 24.2. The molecule has 4 N–H and O–H groups in total. The summed E-state index contributed by atoms with van der Waals surface area (Å²) in [5.41, 5.74) is 5.76. The molecule has 8 heteroatoms. The van der Waals surface area contributed by atoms with E-state index in [4.69, 9.17) is 20.4 Å². The number of aryl methyl sites for hydroxylation is 2. The zero-order chi connectivity index (χ0) is 40.5. The van der Waals surface area contributed by atoms with Crippen molar-refractivity contribution in [2.45, 2.75) is 62.8 Å². The molecule has 0 saturated carbocycles. The van der Waals surface area contributed by atoms with E-state index >= 15 is 0 Å². The van der Waals surface area contributed by atoms with Crippen molar-refractivity contribution in [3.63, 3.8) is 0 Å². The summed E-state index contributed by atoms with van der Waals surface area (Å²) in [6.07, 6.45) is 2.50. The lowest BCUT2D eigenvalue weighted by Crippen LogP contribution is -2.39. The minimum atomic E-state index is -2.27. The second kappa shape index (κ2) is 22.2. The predicted molar refractivity (Wildman–Crippen MR) is 227 cm³/mol. The first-order valence-electron chi connectivity index (χ1n) is 19.2. The Labute approximate surface area is 331 Å². The standard InChI is InChI=1S/2C22H25N.C4H6O6/c2*1-23(2)22(20-11-4-3-5-12-20)17-9-15-19-14-8-13-18-10-6-7-16-21(18)19;5-1(3(7)8)2(6)4(9)10/h2*3-8,10-14,16,22H,9,15,17H2,1-2H3;1-2,5-6H,(H,7,8)(H,9,10). The van der Waals surface area contributed by atoms with Crippen LogP contribution in [0.25, 0.3) is 21.5 Å². The van der Waals surface area contributed by atoms with Gasteiger partial charge in [0.2, 0.25) is 0 Å². The Hall–Kier alpha value is -5.38. The van der Waals surface area contributed by atoms with Gasteiger partial charge in [-0.15, -0.1) is 0 Å². The highest BCUT2D eigenvalue weighted by Gasteiger charge is 2.29. The second-order valence-corrected chi connectivity index (χ2v) is 14.4. The Morgan fingerprint density at radius 2 is 0.786 bits per heavy atom. The largest absolute Gasteiger partial charge is 0.479 e. The minimum absolute atomic E-state index is 0.492. The number of nitrogens with zero attached hydrogens (tertiary/aromatic N) is 2. The maximum Gasteiger partial charge on any atom is 0.335 e. The number of benzene rings is 6. The van der Waals surface area contributed by atoms with Crippen molar-refractivity contribution in [1.29, 1.82) is 0 Å². The summed E-state index contributed by atoms with van der Waals surface area (Å²) in [6.45, 7) is 0. The van der Waals surface area contributed by atoms with Crippen LogP contribution in [0.4, 0.5) is 0 Å². The van der Waals surface area contributed by atoms with Gasteiger partial charge >= 0.3 is 11.9 Å². The molecule has 0 aliphatic heterocycles. The van der Waals surface area contributed by atoms with Crippen molar-refractivity contribution in [2.75, 3.05) is 28.2 Å². The molecule has 0 aliphatic rings. The van der Waals surface area contributed by atoms with Gasteiger partial charge in [-0.1, -0.05) is 146 Å². The first-order valence-corrected chi connectivity index (χ1v) is 19.2. The van der Waals surface area contributed by atoms with E-state index in [1.165, 1.54) is 69.5 Å². The smallest absolute Gasteiger partial charge is 0.335 e. The van der Waals surface area contributed by atoms with Crippen LogP contribution in [0, 0.1) is 0 Å². The van der Waals surface area contributed by atoms with Crippen molar-refractivity contribution in [1.82, 2.24) is 9.80 Å². The maximum atomic E-state index is 9.77. The lowest BCUT2D eigenvalue weighted by molar-refractivity contribution is -0.165. The van der Waals surface area contributed by atoms with Crippen LogP contribution >= 0.6 is 0 Å². The molecule has 0 aliphatic carbocycles. The maximum absolute atomic E-state index is 9.77. The van der Waals surface area contributed by atoms with Crippen molar-refractivity contribution in [2.24, 2.45) is 0 Å². The topological polar surface area (TPSA) is 122 Å². The fourth-order valence-electron chi connectivity index (χ4n) is 7.06. The Balaban J connectivity index is 0.000000202. The molecular formula is C48H56N2O6. The monoisotopic (exact) mass is 756 g/mol. The SMILES string of the molecule is CN(C)C(CCCc1cccc2ccccc12)c1ccccc1.CN(C)C(CCCc1cccc2ccccc12)c1ccccc1.O=C(O)C(O)C(O)C(=O)O. The summed E-state index contributed by atoms with van der Waals surface area (Å²) in [7, 11) is 8.70. The van der Waals surface area contributed by atoms with E-state index in [1.807, 2.05) is 0 Å². The third-order valence-corrected chi connectivity index (χ3v) is 10.0. The average molecular weight is 757 g/mol. The number of hydrogen-bond acceptors (Lipinski definition) is 6. The van der Waals surface area contributed by atoms with Gasteiger partial charge in [-0.25, -0.2) is 9.59 Å². The summed E-state index contributed by atoms with van der Waals surface area (Å²) in [5.74, 6) is -3.54. The summed E-state index contributed by atoms with van der Waals surface area (Å²) in [5, 5.41) is 38.0. The van der Waals surface area contributed by atoms with E-state index in [1.54, 1.807) is 0 Å². The fraction of sp³-hybridized carbons (Fsp3) is 0.292. The molecule has 0 saturated heterocycles. The van der Waals surface area contributed by atoms with Crippen LogP contribution in [-0.4, -0.2) is 82.6 Å². The molecule has 4 unspecified atom stereocenters. The quantitative estimate of drug-likeness (QED) is 0.0821. The van der Waals surface area contributed by atoms with Crippen molar-refractivity contribution < 1.29 is 30.0 Å². The molecule has 0 spiro atoms. The van der Waals surface area contributed by atoms with Gasteiger partial charge in [-0.05, 0) is 111 Å². The number of aliphatic hydroxyl groups is 2. The van der Waals surface area contributed by atoms with Crippen LogP contribution in [-0.2, 0) is 22.4 Å². The highest BCUT2D eigenvalue weighted by Crippen LogP contribution is 2.28. The van der Waals surface area contributed by atoms with Gasteiger partial charge in [0.1, 0.15) is 0 Å². The first kappa shape index (κ1) is 43.3. The van der Waals surface area contributed by atoms with Crippen LogP contribution in [0.5, 0.6) is 0 Å². The number of carboxylic acids is 2. The zero-order valence-electron chi connectivity index (χ0n) is 32.9. The molecule has 0 radical (unpaired) electrons. The highest BCUT2D eigenvalue weighted by atomic mass is 16.4. The van der Waals surface area contributed by atoms with E-state index in [0.717, 1.165) is 12.8 Å². The molecular weight excluding hydrogens is 701 g/mol. The Morgan fingerprint density at radius 1 is 0.464 bits per heavy atom. The van der Waals surface area contributed by atoms with Gasteiger partial charge in [-0.3, -0.25) is 0 Å². The molecule has 8 nitrogen and oxygen atoms in total. The Bertz CT molecular complexity index is 1930. The van der Waals surface area contributed by atoms with E-state index in [-0.39, 0.29) is 0 Å². The second-order valence-electron chi connectivity index (χ2n) is 14.4. The molecule has 0 amide bonds. The molecule has 6 aromatic carbocycles. The molecule has 6 aromatic rings. The van der Waals surface area contributed by atoms with Crippen LogP contribution in [0.1, 0.15) is 60.0 Å². The highest BCUT2D eigenvalue weighted by molar-refractivity contribution is 5.86. The molecule has 0 aromatic heterocycles. The van der Waals surface area contributed by atoms with E-state index < -0.39 is 24.1 Å². The van der Waals surface area contributed by atoms with Crippen LogP contribution in [0.15, 0.2) is 146 Å². The molecule has 6 rings (SSSR count). The first-order chi connectivity index (χ1) is 27.0. The lowest BCUT2D eigenvalue weighted by Gasteiger charge is -2.25. The molecule has 0 fully saturated rings. The minimum Gasteiger partial charge on any atom is -0.479 e. The molecule has 294 valence electrons. The fourth-order valence-corrected chi connectivity index (χ4v) is 7.06. The third kappa shape index (κ3) is 12.9. The predicted octanol–water partition coefficient (Wildman–Crippen LogP) is 8.81. The normalized spacial score (nSPS) is 13.2. The van der Waals surface area contributed by atoms with Gasteiger partial charge in [-0.2, -0.15) is 0 Å². The number of aliphatic hydroxyl groups excluding tert-OH is 2. The van der Waals surface area contributed by atoms with E-state index in [9.17, 15) is 9.59 Å². The molecule has 0 heterocycles. The van der Waals surface area contributed by atoms with Crippen molar-refractivity contribution >= 4 is 33.5 Å². The van der Waals surface area contributed by atoms with Crippen molar-refractivity contribution in [3.8, 4) is 0 Å². The number of carboxylic acid groups (broad SMARTS) is 2. The Kier molecular flexibility index (Phi) is 17.2. The Morgan fingerprint density at radius 3 is 1.12 bits per heavy atom. The summed E-state index contributed by atoms with van der Waals surface area (Å²) >= 11 is 0. The zero-order valence-corrected chi connectivity index (χ0v) is 32.9. The van der Waals surface area contributed by atoms with Crippen LogP contribution in [0.2, 0.25) is 0 Å². The van der Waals surface area contributed by atoms with Crippen molar-refractivity contribution in [3.05, 3.63) is 168 Å². The summed E-state index contributed by atoms with van der Waals surface area (Å²) < 4.78 is 0. The van der Waals surface area contributed by atoms with Gasteiger partial charge in [0.05, 0.1) is 0 Å². The average Bonchev–Trinajstić information content (AvgIpc) is 3.21. The molecule has 0 bridgehead atoms.